The van der Waals surface area contributed by atoms with E-state index in [4.69, 9.17) is 4.74 Å². The summed E-state index contributed by atoms with van der Waals surface area (Å²) in [6.45, 7) is 2.19. The van der Waals surface area contributed by atoms with Crippen LogP contribution in [-0.2, 0) is 16.0 Å². The summed E-state index contributed by atoms with van der Waals surface area (Å²) in [6, 6.07) is 10.2. The number of esters is 1. The highest BCUT2D eigenvalue weighted by molar-refractivity contribution is 5.81. The fraction of sp³-hybridized carbons (Fsp3) is 0.286. The lowest BCUT2D eigenvalue weighted by Crippen LogP contribution is -1.97. The molecule has 0 unspecified atom stereocenters. The van der Waals surface area contributed by atoms with Crippen LogP contribution in [0.5, 0.6) is 0 Å². The molecular weight excluding hydrogens is 200 g/mol. The fourth-order valence-corrected chi connectivity index (χ4v) is 1.28. The van der Waals surface area contributed by atoms with E-state index in [0.717, 1.165) is 12.8 Å². The molecule has 1 aromatic carbocycles. The molecule has 0 amide bonds. The lowest BCUT2D eigenvalue weighted by molar-refractivity contribution is -0.137. The van der Waals surface area contributed by atoms with Crippen molar-refractivity contribution in [1.29, 1.82) is 0 Å². The molecule has 0 heterocycles. The summed E-state index contributed by atoms with van der Waals surface area (Å²) in [4.78, 5) is 10.9. The minimum absolute atomic E-state index is 0.335. The summed E-state index contributed by atoms with van der Waals surface area (Å²) >= 11 is 0. The smallest absolute Gasteiger partial charge is 0.338 e. The highest BCUT2D eigenvalue weighted by atomic mass is 16.5. The van der Waals surface area contributed by atoms with Crippen molar-refractivity contribution in [1.82, 2.24) is 0 Å². The third-order valence-electron chi connectivity index (χ3n) is 2.03. The molecule has 16 heavy (non-hydrogen) atoms. The minimum atomic E-state index is -0.335. The van der Waals surface area contributed by atoms with Crippen molar-refractivity contribution in [3.63, 3.8) is 0 Å². The number of ether oxygens (including phenoxy) is 1. The number of hydrogen-bond acceptors (Lipinski definition) is 2. The first-order valence-electron chi connectivity index (χ1n) is 5.44. The first-order valence-corrected chi connectivity index (χ1v) is 5.44. The number of benzene rings is 1. The molecule has 0 radical (unpaired) electrons. The maximum absolute atomic E-state index is 10.9. The van der Waals surface area contributed by atoms with Gasteiger partial charge >= 0.3 is 5.97 Å². The van der Waals surface area contributed by atoms with Gasteiger partial charge in [0.1, 0.15) is 0 Å². The molecule has 0 aliphatic heterocycles. The summed E-state index contributed by atoms with van der Waals surface area (Å²) < 4.78 is 4.73. The van der Waals surface area contributed by atoms with Crippen LogP contribution in [-0.4, -0.2) is 12.6 Å². The molecule has 1 rings (SSSR count). The second kappa shape index (κ2) is 7.49. The zero-order chi connectivity index (χ0) is 11.6. The Bertz CT molecular complexity index is 373. The first kappa shape index (κ1) is 12.3. The van der Waals surface area contributed by atoms with E-state index in [1.165, 1.54) is 11.6 Å². The van der Waals surface area contributed by atoms with Gasteiger partial charge in [0, 0.05) is 0 Å². The Morgan fingerprint density at radius 1 is 1.38 bits per heavy atom. The van der Waals surface area contributed by atoms with Crippen LogP contribution in [0.2, 0.25) is 0 Å². The summed E-state index contributed by atoms with van der Waals surface area (Å²) in [5, 5.41) is 0. The van der Waals surface area contributed by atoms with Gasteiger partial charge in [-0.3, -0.25) is 0 Å². The van der Waals surface area contributed by atoms with Crippen molar-refractivity contribution in [3.8, 4) is 0 Å². The van der Waals surface area contributed by atoms with E-state index in [0.29, 0.717) is 6.61 Å². The standard InChI is InChI=1S/C14H16O2/c1-2-16-14(15)12-8-4-7-11-13-9-5-3-6-10-13/h3-6,9-10,12H,2,7,11H2,1H3. The average Bonchev–Trinajstić information content (AvgIpc) is 2.30. The van der Waals surface area contributed by atoms with Crippen LogP contribution in [0.25, 0.3) is 0 Å². The van der Waals surface area contributed by atoms with Crippen LogP contribution >= 0.6 is 0 Å². The predicted octanol–water partition coefficient (Wildman–Crippen LogP) is 2.89. The molecule has 0 aliphatic rings. The maximum atomic E-state index is 10.9. The van der Waals surface area contributed by atoms with Crippen LogP contribution < -0.4 is 0 Å². The van der Waals surface area contributed by atoms with Gasteiger partial charge in [-0.1, -0.05) is 30.3 Å². The van der Waals surface area contributed by atoms with Gasteiger partial charge in [0.05, 0.1) is 12.7 Å². The third kappa shape index (κ3) is 5.18. The Morgan fingerprint density at radius 3 is 2.81 bits per heavy atom. The van der Waals surface area contributed by atoms with Gasteiger partial charge in [-0.15, -0.1) is 5.73 Å². The Hall–Kier alpha value is -1.79. The van der Waals surface area contributed by atoms with Crippen molar-refractivity contribution in [2.24, 2.45) is 0 Å². The van der Waals surface area contributed by atoms with E-state index in [1.54, 1.807) is 6.92 Å². The highest BCUT2D eigenvalue weighted by Crippen LogP contribution is 2.02. The minimum Gasteiger partial charge on any atom is -0.462 e. The van der Waals surface area contributed by atoms with E-state index >= 15 is 0 Å². The van der Waals surface area contributed by atoms with Crippen LogP contribution in [0.1, 0.15) is 18.9 Å². The van der Waals surface area contributed by atoms with E-state index < -0.39 is 0 Å². The van der Waals surface area contributed by atoms with E-state index in [-0.39, 0.29) is 5.97 Å². The Labute approximate surface area is 96.2 Å². The lowest BCUT2D eigenvalue weighted by Gasteiger charge is -1.95. The quantitative estimate of drug-likeness (QED) is 0.430. The summed E-state index contributed by atoms with van der Waals surface area (Å²) in [5.41, 5.74) is 4.10. The SMILES string of the molecule is CCOC(=O)C=C=CCCc1ccccc1. The Kier molecular flexibility index (Phi) is 5.75. The lowest BCUT2D eigenvalue weighted by atomic mass is 10.1. The number of carbonyl (C=O) groups excluding carboxylic acids is 1. The van der Waals surface area contributed by atoms with E-state index in [2.05, 4.69) is 17.9 Å². The average molecular weight is 216 g/mol. The maximum Gasteiger partial charge on any atom is 0.338 e. The first-order chi connectivity index (χ1) is 7.83. The molecule has 1 aromatic rings. The zero-order valence-corrected chi connectivity index (χ0v) is 9.48. The number of carbonyl (C=O) groups is 1. The number of rotatable bonds is 5. The molecule has 0 saturated carbocycles. The third-order valence-corrected chi connectivity index (χ3v) is 2.03. The summed E-state index contributed by atoms with van der Waals surface area (Å²) in [7, 11) is 0. The molecule has 2 heteroatoms. The van der Waals surface area contributed by atoms with Crippen LogP contribution in [0, 0.1) is 0 Å². The fourth-order valence-electron chi connectivity index (χ4n) is 1.28. The molecule has 84 valence electrons. The molecule has 0 bridgehead atoms. The normalized spacial score (nSPS) is 9.06. The summed E-state index contributed by atoms with van der Waals surface area (Å²) in [5.74, 6) is -0.335. The van der Waals surface area contributed by atoms with Crippen LogP contribution in [0.3, 0.4) is 0 Å². The molecule has 0 saturated heterocycles. The number of aryl methyl sites for hydroxylation is 1. The van der Waals surface area contributed by atoms with Crippen LogP contribution in [0.15, 0.2) is 48.2 Å². The number of hydrogen-bond donors (Lipinski definition) is 0. The molecular formula is C14H16O2. The molecule has 0 fully saturated rings. The summed E-state index contributed by atoms with van der Waals surface area (Å²) in [6.07, 6.45) is 5.02. The van der Waals surface area contributed by atoms with Gasteiger partial charge in [-0.25, -0.2) is 4.79 Å². The molecule has 2 nitrogen and oxygen atoms in total. The van der Waals surface area contributed by atoms with Gasteiger partial charge < -0.3 is 4.74 Å². The second-order valence-corrected chi connectivity index (χ2v) is 3.29. The topological polar surface area (TPSA) is 26.3 Å². The largest absolute Gasteiger partial charge is 0.462 e. The molecule has 0 aliphatic carbocycles. The van der Waals surface area contributed by atoms with Gasteiger partial charge in [-0.2, -0.15) is 0 Å². The highest BCUT2D eigenvalue weighted by Gasteiger charge is 1.90. The van der Waals surface area contributed by atoms with E-state index in [1.807, 2.05) is 24.3 Å². The molecule has 0 atom stereocenters. The molecule has 0 aromatic heterocycles. The molecule has 0 N–H and O–H groups in total. The van der Waals surface area contributed by atoms with Crippen LogP contribution in [0.4, 0.5) is 0 Å². The van der Waals surface area contributed by atoms with Crippen molar-refractivity contribution >= 4 is 5.97 Å². The van der Waals surface area contributed by atoms with Gasteiger partial charge in [0.25, 0.3) is 0 Å². The van der Waals surface area contributed by atoms with Crippen molar-refractivity contribution in [2.45, 2.75) is 19.8 Å². The second-order valence-electron chi connectivity index (χ2n) is 3.29. The van der Waals surface area contributed by atoms with Gasteiger partial charge in [0.15, 0.2) is 0 Å². The van der Waals surface area contributed by atoms with Crippen molar-refractivity contribution in [2.75, 3.05) is 6.61 Å². The predicted molar refractivity (Wildman–Crippen MR) is 64.0 cm³/mol. The van der Waals surface area contributed by atoms with E-state index in [9.17, 15) is 4.79 Å². The van der Waals surface area contributed by atoms with Gasteiger partial charge in [-0.05, 0) is 31.4 Å². The molecule has 0 spiro atoms. The Balaban J connectivity index is 2.30. The van der Waals surface area contributed by atoms with Crippen molar-refractivity contribution < 1.29 is 9.53 Å². The zero-order valence-electron chi connectivity index (χ0n) is 9.48. The Morgan fingerprint density at radius 2 is 2.12 bits per heavy atom. The monoisotopic (exact) mass is 216 g/mol. The van der Waals surface area contributed by atoms with Crippen molar-refractivity contribution in [3.05, 3.63) is 53.8 Å². The van der Waals surface area contributed by atoms with Gasteiger partial charge in [0.2, 0.25) is 0 Å².